The van der Waals surface area contributed by atoms with Crippen LogP contribution >= 0.6 is 0 Å². The molecule has 0 unspecified atom stereocenters. The maximum atomic E-state index is 12.5. The highest BCUT2D eigenvalue weighted by Crippen LogP contribution is 2.19. The Labute approximate surface area is 128 Å². The Morgan fingerprint density at radius 1 is 1.23 bits per heavy atom. The molecule has 1 amide bonds. The summed E-state index contributed by atoms with van der Waals surface area (Å²) in [6.07, 6.45) is 6.59. The fraction of sp³-hybridized carbons (Fsp3) is 0.312. The Kier molecular flexibility index (Phi) is 3.91. The van der Waals surface area contributed by atoms with E-state index in [-0.39, 0.29) is 12.5 Å². The van der Waals surface area contributed by atoms with Crippen LogP contribution in [0.15, 0.2) is 43.0 Å². The van der Waals surface area contributed by atoms with E-state index in [1.54, 1.807) is 29.6 Å². The number of nitrogens with zero attached hydrogens (tertiary/aromatic N) is 3. The first-order valence-corrected chi connectivity index (χ1v) is 7.25. The van der Waals surface area contributed by atoms with Crippen molar-refractivity contribution in [3.8, 4) is 5.69 Å². The first kappa shape index (κ1) is 14.3. The van der Waals surface area contributed by atoms with E-state index >= 15 is 0 Å². The Morgan fingerprint density at radius 3 is 2.64 bits per heavy atom. The lowest BCUT2D eigenvalue weighted by Gasteiger charge is -2.30. The van der Waals surface area contributed by atoms with Crippen LogP contribution in [0, 0.1) is 5.92 Å². The molecule has 1 saturated heterocycles. The Bertz CT molecular complexity index is 664. The van der Waals surface area contributed by atoms with Crippen molar-refractivity contribution in [1.82, 2.24) is 14.5 Å². The monoisotopic (exact) mass is 299 g/mol. The second-order valence-corrected chi connectivity index (χ2v) is 5.45. The van der Waals surface area contributed by atoms with Crippen LogP contribution in [0.2, 0.25) is 0 Å². The van der Waals surface area contributed by atoms with Crippen LogP contribution in [0.25, 0.3) is 5.69 Å². The summed E-state index contributed by atoms with van der Waals surface area (Å²) in [6, 6.07) is 7.24. The first-order valence-electron chi connectivity index (χ1n) is 7.25. The molecule has 0 spiro atoms. The van der Waals surface area contributed by atoms with Gasteiger partial charge in [0.05, 0.1) is 12.2 Å². The lowest BCUT2D eigenvalue weighted by atomic mass is 9.97. The number of carboxylic acids is 1. The van der Waals surface area contributed by atoms with Gasteiger partial charge in [0.2, 0.25) is 0 Å². The molecule has 6 nitrogen and oxygen atoms in total. The number of amides is 1. The number of aliphatic carboxylic acids is 1. The molecule has 1 atom stereocenters. The number of hydrogen-bond acceptors (Lipinski definition) is 3. The zero-order valence-electron chi connectivity index (χ0n) is 12.1. The molecule has 1 aliphatic rings. The lowest BCUT2D eigenvalue weighted by Crippen LogP contribution is -2.42. The van der Waals surface area contributed by atoms with Crippen molar-refractivity contribution in [2.24, 2.45) is 5.92 Å². The minimum absolute atomic E-state index is 0.108. The van der Waals surface area contributed by atoms with E-state index in [9.17, 15) is 9.59 Å². The van der Waals surface area contributed by atoms with E-state index in [4.69, 9.17) is 5.11 Å². The molecule has 1 aromatic heterocycles. The van der Waals surface area contributed by atoms with Gasteiger partial charge in [0.15, 0.2) is 0 Å². The van der Waals surface area contributed by atoms with Gasteiger partial charge in [0, 0.05) is 36.7 Å². The van der Waals surface area contributed by atoms with Crippen molar-refractivity contribution in [2.75, 3.05) is 13.1 Å². The standard InChI is InChI=1S/C16H17N3O3/c20-15(18-8-1-2-13(10-18)16(21)22)12-3-5-14(6-4-12)19-9-7-17-11-19/h3-7,9,11,13H,1-2,8,10H2,(H,21,22)/t13-/m0/s1. The van der Waals surface area contributed by atoms with Crippen molar-refractivity contribution in [3.63, 3.8) is 0 Å². The van der Waals surface area contributed by atoms with Gasteiger partial charge in [-0.05, 0) is 37.1 Å². The quantitative estimate of drug-likeness (QED) is 0.938. The predicted molar refractivity (Wildman–Crippen MR) is 79.8 cm³/mol. The number of likely N-dealkylation sites (tertiary alicyclic amines) is 1. The highest BCUT2D eigenvalue weighted by atomic mass is 16.4. The molecule has 1 fully saturated rings. The van der Waals surface area contributed by atoms with Gasteiger partial charge in [-0.2, -0.15) is 0 Å². The summed E-state index contributed by atoms with van der Waals surface area (Å²) in [6.45, 7) is 0.906. The normalized spacial score (nSPS) is 18.2. The minimum atomic E-state index is -0.826. The molecule has 1 aliphatic heterocycles. The average molecular weight is 299 g/mol. The van der Waals surface area contributed by atoms with Crippen molar-refractivity contribution >= 4 is 11.9 Å². The number of rotatable bonds is 3. The van der Waals surface area contributed by atoms with Crippen molar-refractivity contribution in [2.45, 2.75) is 12.8 Å². The SMILES string of the molecule is O=C(O)[C@H]1CCCN(C(=O)c2ccc(-n3ccnc3)cc2)C1. The van der Waals surface area contributed by atoms with E-state index < -0.39 is 11.9 Å². The molecule has 0 aliphatic carbocycles. The fourth-order valence-corrected chi connectivity index (χ4v) is 2.73. The number of benzene rings is 1. The molecule has 6 heteroatoms. The number of carbonyl (C=O) groups is 2. The highest BCUT2D eigenvalue weighted by molar-refractivity contribution is 5.94. The molecule has 2 aromatic rings. The van der Waals surface area contributed by atoms with Gasteiger partial charge in [-0.1, -0.05) is 0 Å². The summed E-state index contributed by atoms with van der Waals surface area (Å²) in [5.74, 6) is -1.39. The van der Waals surface area contributed by atoms with E-state index in [2.05, 4.69) is 4.98 Å². The molecular formula is C16H17N3O3. The Morgan fingerprint density at radius 2 is 2.00 bits per heavy atom. The molecule has 22 heavy (non-hydrogen) atoms. The van der Waals surface area contributed by atoms with Crippen LogP contribution in [0.1, 0.15) is 23.2 Å². The molecule has 1 N–H and O–H groups in total. The van der Waals surface area contributed by atoms with Gasteiger partial charge >= 0.3 is 5.97 Å². The molecule has 114 valence electrons. The van der Waals surface area contributed by atoms with E-state index in [1.165, 1.54) is 0 Å². The number of aromatic nitrogens is 2. The number of piperidine rings is 1. The lowest BCUT2D eigenvalue weighted by molar-refractivity contribution is -0.143. The van der Waals surface area contributed by atoms with Crippen LogP contribution in [-0.4, -0.2) is 44.5 Å². The zero-order chi connectivity index (χ0) is 15.5. The molecule has 0 bridgehead atoms. The Hall–Kier alpha value is -2.63. The summed E-state index contributed by atoms with van der Waals surface area (Å²) in [7, 11) is 0. The first-order chi connectivity index (χ1) is 10.6. The smallest absolute Gasteiger partial charge is 0.308 e. The predicted octanol–water partition coefficient (Wildman–Crippen LogP) is 1.81. The average Bonchev–Trinajstić information content (AvgIpc) is 3.09. The van der Waals surface area contributed by atoms with Crippen molar-refractivity contribution in [1.29, 1.82) is 0 Å². The van der Waals surface area contributed by atoms with E-state index in [1.807, 2.05) is 22.9 Å². The number of hydrogen-bond donors (Lipinski definition) is 1. The second-order valence-electron chi connectivity index (χ2n) is 5.45. The Balaban J connectivity index is 1.73. The summed E-state index contributed by atoms with van der Waals surface area (Å²) in [4.78, 5) is 29.2. The molecule has 2 heterocycles. The van der Waals surface area contributed by atoms with Crippen LogP contribution in [0.4, 0.5) is 0 Å². The zero-order valence-corrected chi connectivity index (χ0v) is 12.1. The van der Waals surface area contributed by atoms with Crippen LogP contribution < -0.4 is 0 Å². The third-order valence-corrected chi connectivity index (χ3v) is 3.97. The maximum absolute atomic E-state index is 12.5. The minimum Gasteiger partial charge on any atom is -0.481 e. The number of carboxylic acid groups (broad SMARTS) is 1. The van der Waals surface area contributed by atoms with Gasteiger partial charge in [0.1, 0.15) is 0 Å². The molecule has 0 radical (unpaired) electrons. The van der Waals surface area contributed by atoms with Gasteiger partial charge in [-0.3, -0.25) is 9.59 Å². The molecule has 0 saturated carbocycles. The van der Waals surface area contributed by atoms with Crippen LogP contribution in [0.5, 0.6) is 0 Å². The van der Waals surface area contributed by atoms with Gasteiger partial charge in [-0.25, -0.2) is 4.98 Å². The second kappa shape index (κ2) is 6.01. The third kappa shape index (κ3) is 2.86. The maximum Gasteiger partial charge on any atom is 0.308 e. The highest BCUT2D eigenvalue weighted by Gasteiger charge is 2.28. The molecule has 3 rings (SSSR count). The number of imidazole rings is 1. The van der Waals surface area contributed by atoms with Crippen LogP contribution in [-0.2, 0) is 4.79 Å². The van der Waals surface area contributed by atoms with Gasteiger partial charge in [0.25, 0.3) is 5.91 Å². The summed E-state index contributed by atoms with van der Waals surface area (Å²) < 4.78 is 1.86. The van der Waals surface area contributed by atoms with Gasteiger partial charge < -0.3 is 14.6 Å². The topological polar surface area (TPSA) is 75.4 Å². The third-order valence-electron chi connectivity index (χ3n) is 3.97. The van der Waals surface area contributed by atoms with E-state index in [0.717, 1.165) is 12.1 Å². The largest absolute Gasteiger partial charge is 0.481 e. The molecule has 1 aromatic carbocycles. The van der Waals surface area contributed by atoms with Crippen LogP contribution in [0.3, 0.4) is 0 Å². The summed E-state index contributed by atoms with van der Waals surface area (Å²) >= 11 is 0. The van der Waals surface area contributed by atoms with E-state index in [0.29, 0.717) is 18.5 Å². The fourth-order valence-electron chi connectivity index (χ4n) is 2.73. The summed E-state index contributed by atoms with van der Waals surface area (Å²) in [5, 5.41) is 9.10. The van der Waals surface area contributed by atoms with Crippen molar-refractivity contribution in [3.05, 3.63) is 48.5 Å². The van der Waals surface area contributed by atoms with Gasteiger partial charge in [-0.15, -0.1) is 0 Å². The number of carbonyl (C=O) groups excluding carboxylic acids is 1. The van der Waals surface area contributed by atoms with Crippen molar-refractivity contribution < 1.29 is 14.7 Å². The molecular weight excluding hydrogens is 282 g/mol. The summed E-state index contributed by atoms with van der Waals surface area (Å²) in [5.41, 5.74) is 1.51.